The maximum absolute atomic E-state index is 13.2. The molecule has 2 aliphatic rings. The molecular weight excluding hydrogens is 536 g/mol. The van der Waals surface area contributed by atoms with Crippen molar-refractivity contribution in [2.75, 3.05) is 30.9 Å². The van der Waals surface area contributed by atoms with Crippen LogP contribution >= 0.6 is 0 Å². The Hall–Kier alpha value is -3.68. The van der Waals surface area contributed by atoms with Crippen molar-refractivity contribution in [2.45, 2.75) is 42.8 Å². The van der Waals surface area contributed by atoms with Gasteiger partial charge in [0.1, 0.15) is 11.5 Å². The van der Waals surface area contributed by atoms with Crippen LogP contribution in [-0.4, -0.2) is 66.1 Å². The van der Waals surface area contributed by atoms with Crippen molar-refractivity contribution in [3.63, 3.8) is 0 Å². The zero-order chi connectivity index (χ0) is 28.4. The fourth-order valence-corrected chi connectivity index (χ4v) is 6.37. The summed E-state index contributed by atoms with van der Waals surface area (Å²) in [6.45, 7) is 2.66. The number of hydrogen-bond donors (Lipinski definition) is 4. The van der Waals surface area contributed by atoms with E-state index in [2.05, 4.69) is 15.0 Å². The van der Waals surface area contributed by atoms with Crippen molar-refractivity contribution in [3.05, 3.63) is 70.0 Å². The molecule has 2 atom stereocenters. The van der Waals surface area contributed by atoms with E-state index in [1.807, 2.05) is 0 Å². The van der Waals surface area contributed by atoms with Crippen LogP contribution < -0.4 is 21.4 Å². The molecule has 5 N–H and O–H groups in total. The normalized spacial score (nSPS) is 17.4. The Kier molecular flexibility index (Phi) is 7.97. The van der Waals surface area contributed by atoms with E-state index < -0.39 is 27.6 Å². The predicted molar refractivity (Wildman–Crippen MR) is 147 cm³/mol. The lowest BCUT2D eigenvalue weighted by atomic mass is 9.87. The van der Waals surface area contributed by atoms with E-state index in [9.17, 15) is 23.1 Å². The summed E-state index contributed by atoms with van der Waals surface area (Å²) in [6.07, 6.45) is 5.15. The number of piperazine rings is 1. The molecule has 1 aliphatic carbocycles. The highest BCUT2D eigenvalue weighted by atomic mass is 32.2. The van der Waals surface area contributed by atoms with Crippen LogP contribution in [0.4, 0.5) is 5.69 Å². The number of nitrogens with two attached hydrogens (primary N) is 1. The van der Waals surface area contributed by atoms with Gasteiger partial charge in [-0.2, -0.15) is 8.42 Å². The number of aromatic hydroxyl groups is 1. The molecule has 13 heteroatoms. The number of sulfonamides is 1. The molecule has 1 saturated carbocycles. The van der Waals surface area contributed by atoms with E-state index in [0.717, 1.165) is 25.9 Å². The van der Waals surface area contributed by atoms with Crippen LogP contribution in [0.3, 0.4) is 0 Å². The molecule has 0 radical (unpaired) electrons. The van der Waals surface area contributed by atoms with Gasteiger partial charge in [0.25, 0.3) is 10.0 Å². The van der Waals surface area contributed by atoms with Crippen LogP contribution in [0, 0.1) is 5.92 Å². The third kappa shape index (κ3) is 6.06. The molecule has 1 saturated heterocycles. The number of rotatable bonds is 10. The number of nitrogens with zero attached hydrogens (tertiary/aromatic N) is 3. The lowest BCUT2D eigenvalue weighted by Crippen LogP contribution is -2.51. The van der Waals surface area contributed by atoms with Crippen molar-refractivity contribution in [1.29, 1.82) is 0 Å². The van der Waals surface area contributed by atoms with Crippen LogP contribution in [0.5, 0.6) is 5.75 Å². The van der Waals surface area contributed by atoms with Gasteiger partial charge in [-0.05, 0) is 42.9 Å². The number of aromatic nitrogens is 2. The first-order chi connectivity index (χ1) is 19.1. The van der Waals surface area contributed by atoms with E-state index in [-0.39, 0.29) is 46.9 Å². The van der Waals surface area contributed by atoms with Gasteiger partial charge in [-0.1, -0.05) is 12.1 Å². The minimum Gasteiger partial charge on any atom is -0.507 e. The smallest absolute Gasteiger partial charge is 0.343 e. The van der Waals surface area contributed by atoms with Crippen LogP contribution in [0.2, 0.25) is 0 Å². The Labute approximate surface area is 232 Å². The molecule has 0 bridgehead atoms. The molecule has 3 aromatic rings. The third-order valence-corrected chi connectivity index (χ3v) is 8.76. The van der Waals surface area contributed by atoms with Gasteiger partial charge in [0.15, 0.2) is 0 Å². The maximum atomic E-state index is 13.2. The summed E-state index contributed by atoms with van der Waals surface area (Å²) in [5.41, 5.74) is 6.60. The quantitative estimate of drug-likeness (QED) is 0.279. The molecule has 1 amide bonds. The molecule has 12 nitrogen and oxygen atoms in total. The van der Waals surface area contributed by atoms with E-state index >= 15 is 0 Å². The topological polar surface area (TPSA) is 173 Å². The second-order valence-corrected chi connectivity index (χ2v) is 12.0. The number of nitrogens with one attached hydrogen (secondary N) is 2. The average molecular weight is 571 g/mol. The number of imidazole rings is 1. The molecular formula is C27H34N6O6S. The fourth-order valence-electron chi connectivity index (χ4n) is 5.20. The van der Waals surface area contributed by atoms with Gasteiger partial charge in [0, 0.05) is 69.7 Å². The summed E-state index contributed by atoms with van der Waals surface area (Å²) >= 11 is 0. The number of benzene rings is 1. The van der Waals surface area contributed by atoms with Gasteiger partial charge in [-0.25, -0.2) is 9.78 Å². The highest BCUT2D eigenvalue weighted by Crippen LogP contribution is 2.48. The van der Waals surface area contributed by atoms with Gasteiger partial charge >= 0.3 is 5.63 Å². The first-order valence-electron chi connectivity index (χ1n) is 13.3. The zero-order valence-electron chi connectivity index (χ0n) is 22.2. The maximum Gasteiger partial charge on any atom is 0.343 e. The highest BCUT2D eigenvalue weighted by molar-refractivity contribution is 7.92. The van der Waals surface area contributed by atoms with Crippen LogP contribution in [0.15, 0.2) is 57.1 Å². The second kappa shape index (κ2) is 11.4. The number of hydrogen-bond acceptors (Lipinski definition) is 9. The average Bonchev–Trinajstić information content (AvgIpc) is 3.67. The SMILES string of the molecule is Cn1ccnc1S(=O)(=O)Nc1cccc(C(c2c(O)cc(CCC(N)C(=O)N3CCNCC3)oc2=O)C2CC2)c1. The summed E-state index contributed by atoms with van der Waals surface area (Å²) in [4.78, 5) is 31.4. The molecule has 1 aromatic carbocycles. The lowest BCUT2D eigenvalue weighted by molar-refractivity contribution is -0.133. The predicted octanol–water partition coefficient (Wildman–Crippen LogP) is 1.11. The number of amides is 1. The second-order valence-electron chi connectivity index (χ2n) is 10.4. The minimum atomic E-state index is -3.93. The lowest BCUT2D eigenvalue weighted by Gasteiger charge is -2.29. The Balaban J connectivity index is 1.34. The van der Waals surface area contributed by atoms with E-state index in [1.165, 1.54) is 23.0 Å². The fraction of sp³-hybridized carbons (Fsp3) is 0.444. The summed E-state index contributed by atoms with van der Waals surface area (Å²) in [7, 11) is -2.34. The monoisotopic (exact) mass is 570 g/mol. The van der Waals surface area contributed by atoms with E-state index in [4.69, 9.17) is 10.2 Å². The van der Waals surface area contributed by atoms with Gasteiger partial charge in [0.05, 0.1) is 11.6 Å². The summed E-state index contributed by atoms with van der Waals surface area (Å²) < 4.78 is 35.2. The zero-order valence-corrected chi connectivity index (χ0v) is 23.1. The number of aryl methyl sites for hydroxylation is 2. The molecule has 214 valence electrons. The molecule has 0 spiro atoms. The Bertz CT molecular complexity index is 1540. The highest BCUT2D eigenvalue weighted by Gasteiger charge is 2.37. The first kappa shape index (κ1) is 27.9. The summed E-state index contributed by atoms with van der Waals surface area (Å²) in [5, 5.41) is 14.0. The summed E-state index contributed by atoms with van der Waals surface area (Å²) in [5.74, 6) is -0.451. The first-order valence-corrected chi connectivity index (χ1v) is 14.8. The van der Waals surface area contributed by atoms with Gasteiger partial charge in [-0.3, -0.25) is 9.52 Å². The molecule has 3 heterocycles. The molecule has 40 heavy (non-hydrogen) atoms. The molecule has 1 aliphatic heterocycles. The molecule has 2 unspecified atom stereocenters. The van der Waals surface area contributed by atoms with Crippen LogP contribution in [0.25, 0.3) is 0 Å². The Morgan fingerprint density at radius 1 is 1.27 bits per heavy atom. The van der Waals surface area contributed by atoms with Gasteiger partial charge in [-0.15, -0.1) is 0 Å². The Morgan fingerprint density at radius 3 is 2.67 bits per heavy atom. The van der Waals surface area contributed by atoms with Crippen molar-refractivity contribution in [3.8, 4) is 5.75 Å². The standard InChI is InChI=1S/C27H34N6O6S/c1-32-12-11-30-27(32)40(37,38)31-19-4-2-3-18(15-19)23(17-5-6-17)24-22(34)16-20(39-26(24)36)7-8-21(28)25(35)33-13-9-29-10-14-33/h2-4,11-12,15-17,21,23,29,31,34H,5-10,13-14,28H2,1H3. The summed E-state index contributed by atoms with van der Waals surface area (Å²) in [6, 6.07) is 7.46. The third-order valence-electron chi connectivity index (χ3n) is 7.38. The molecule has 2 fully saturated rings. The minimum absolute atomic E-state index is 0.103. The van der Waals surface area contributed by atoms with Crippen molar-refractivity contribution in [2.24, 2.45) is 18.7 Å². The number of carbonyl (C=O) groups is 1. The van der Waals surface area contributed by atoms with Crippen LogP contribution in [-0.2, 0) is 28.3 Å². The number of carbonyl (C=O) groups excluding carboxylic acids is 1. The molecule has 5 rings (SSSR count). The van der Waals surface area contributed by atoms with Gasteiger partial charge in [0.2, 0.25) is 11.1 Å². The number of anilines is 1. The van der Waals surface area contributed by atoms with E-state index in [1.54, 1.807) is 36.2 Å². The van der Waals surface area contributed by atoms with Crippen molar-refractivity contribution >= 4 is 21.6 Å². The largest absolute Gasteiger partial charge is 0.507 e. The van der Waals surface area contributed by atoms with E-state index in [0.29, 0.717) is 24.3 Å². The Morgan fingerprint density at radius 2 is 2.02 bits per heavy atom. The molecule has 2 aromatic heterocycles. The van der Waals surface area contributed by atoms with Crippen molar-refractivity contribution < 1.29 is 22.7 Å². The van der Waals surface area contributed by atoms with Crippen molar-refractivity contribution in [1.82, 2.24) is 19.8 Å². The van der Waals surface area contributed by atoms with Gasteiger partial charge < -0.3 is 30.0 Å². The van der Waals surface area contributed by atoms with Crippen LogP contribution in [0.1, 0.15) is 42.1 Å².